The molecule has 2 aromatic rings. The minimum Gasteiger partial charge on any atom is -0.346 e. The Bertz CT molecular complexity index is 906. The van der Waals surface area contributed by atoms with Gasteiger partial charge >= 0.3 is 0 Å². The average molecular weight is 387 g/mol. The lowest BCUT2D eigenvalue weighted by atomic mass is 9.77. The van der Waals surface area contributed by atoms with Crippen molar-refractivity contribution in [2.24, 2.45) is 5.92 Å². The second-order valence-electron chi connectivity index (χ2n) is 8.65. The van der Waals surface area contributed by atoms with Crippen LogP contribution in [0.25, 0.3) is 10.1 Å². The van der Waals surface area contributed by atoms with Gasteiger partial charge in [-0.25, -0.2) is 0 Å². The van der Waals surface area contributed by atoms with Crippen LogP contribution >= 0.6 is 22.9 Å². The number of piperidine rings is 3. The fourth-order valence-electron chi connectivity index (χ4n) is 5.44. The first kappa shape index (κ1) is 15.9. The van der Waals surface area contributed by atoms with Crippen molar-refractivity contribution in [3.05, 3.63) is 33.7 Å². The summed E-state index contributed by atoms with van der Waals surface area (Å²) in [4.78, 5) is 16.5. The molecule has 3 saturated heterocycles. The number of hydrogen-bond donors (Lipinski definition) is 1. The lowest BCUT2D eigenvalue weighted by molar-refractivity contribution is -0.00138. The fourth-order valence-corrected chi connectivity index (χ4v) is 6.89. The molecule has 5 fully saturated rings. The number of hydrogen-bond acceptors (Lipinski definition) is 3. The van der Waals surface area contributed by atoms with Crippen LogP contribution in [0.4, 0.5) is 0 Å². The van der Waals surface area contributed by atoms with Crippen molar-refractivity contribution in [2.45, 2.75) is 56.0 Å². The van der Waals surface area contributed by atoms with Crippen LogP contribution in [-0.4, -0.2) is 35.5 Å². The summed E-state index contributed by atoms with van der Waals surface area (Å²) in [5.74, 6) is 1.39. The molecule has 2 saturated carbocycles. The molecule has 7 rings (SSSR count). The smallest absolute Gasteiger partial charge is 0.261 e. The van der Waals surface area contributed by atoms with E-state index in [1.807, 2.05) is 6.07 Å². The summed E-state index contributed by atoms with van der Waals surface area (Å²) in [6.45, 7) is 2.44. The van der Waals surface area contributed by atoms with Gasteiger partial charge in [0.05, 0.1) is 20.6 Å². The molecule has 1 aromatic carbocycles. The van der Waals surface area contributed by atoms with Crippen LogP contribution in [-0.2, 0) is 0 Å². The third kappa shape index (κ3) is 2.25. The van der Waals surface area contributed by atoms with E-state index in [2.05, 4.69) is 22.3 Å². The van der Waals surface area contributed by atoms with Crippen molar-refractivity contribution >= 4 is 38.9 Å². The summed E-state index contributed by atoms with van der Waals surface area (Å²) in [6.07, 6.45) is 7.44. The predicted molar refractivity (Wildman–Crippen MR) is 106 cm³/mol. The molecule has 136 valence electrons. The van der Waals surface area contributed by atoms with Gasteiger partial charge in [0.15, 0.2) is 0 Å². The molecule has 1 N–H and O–H groups in total. The SMILES string of the molecule is O=C(N[C@H]1C2CCN(CC2)C12CC2)c1cc2ccc(C3CC3)c(Cl)c2s1. The van der Waals surface area contributed by atoms with Crippen molar-refractivity contribution in [3.63, 3.8) is 0 Å². The zero-order valence-corrected chi connectivity index (χ0v) is 16.3. The Hall–Kier alpha value is -1.10. The summed E-state index contributed by atoms with van der Waals surface area (Å²) >= 11 is 8.23. The molecule has 2 bridgehead atoms. The number of carbonyl (C=O) groups is 1. The lowest BCUT2D eigenvalue weighted by Gasteiger charge is -2.52. The van der Waals surface area contributed by atoms with E-state index in [1.54, 1.807) is 11.3 Å². The number of fused-ring (bicyclic) bond motifs is 3. The van der Waals surface area contributed by atoms with Gasteiger partial charge in [0.25, 0.3) is 5.91 Å². The maximum atomic E-state index is 13.1. The number of benzene rings is 1. The van der Waals surface area contributed by atoms with Gasteiger partial charge in [0, 0.05) is 5.54 Å². The highest BCUT2D eigenvalue weighted by Gasteiger charge is 2.60. The minimum absolute atomic E-state index is 0.0975. The highest BCUT2D eigenvalue weighted by atomic mass is 35.5. The molecule has 1 atom stereocenters. The monoisotopic (exact) mass is 386 g/mol. The molecule has 1 spiro atoms. The molecule has 1 aromatic heterocycles. The van der Waals surface area contributed by atoms with Crippen LogP contribution in [0.1, 0.15) is 59.7 Å². The third-order valence-corrected chi connectivity index (χ3v) is 8.85. The number of thiophene rings is 1. The molecule has 26 heavy (non-hydrogen) atoms. The van der Waals surface area contributed by atoms with Gasteiger partial charge in [-0.3, -0.25) is 9.69 Å². The molecule has 0 unspecified atom stereocenters. The van der Waals surface area contributed by atoms with Crippen molar-refractivity contribution in [2.75, 3.05) is 13.1 Å². The van der Waals surface area contributed by atoms with E-state index in [9.17, 15) is 4.79 Å². The van der Waals surface area contributed by atoms with Crippen LogP contribution in [0, 0.1) is 5.92 Å². The van der Waals surface area contributed by atoms with Gasteiger partial charge in [-0.05, 0) is 80.5 Å². The van der Waals surface area contributed by atoms with E-state index in [1.165, 1.54) is 57.2 Å². The predicted octanol–water partition coefficient (Wildman–Crippen LogP) is 4.79. The minimum atomic E-state index is 0.0975. The average Bonchev–Trinajstić information content (AvgIpc) is 3.58. The second-order valence-corrected chi connectivity index (χ2v) is 10.1. The van der Waals surface area contributed by atoms with E-state index < -0.39 is 0 Å². The Labute approximate surface area is 162 Å². The fraction of sp³-hybridized carbons (Fsp3) is 0.571. The molecule has 3 aliphatic heterocycles. The molecular weight excluding hydrogens is 364 g/mol. The lowest BCUT2D eigenvalue weighted by Crippen LogP contribution is -2.65. The zero-order chi connectivity index (χ0) is 17.5. The third-order valence-electron chi connectivity index (χ3n) is 7.17. The largest absolute Gasteiger partial charge is 0.346 e. The van der Waals surface area contributed by atoms with E-state index in [0.717, 1.165) is 20.0 Å². The molecular formula is C21H23ClN2OS. The van der Waals surface area contributed by atoms with Crippen LogP contribution in [0.3, 0.4) is 0 Å². The molecule has 1 amide bonds. The number of nitrogens with zero attached hydrogens (tertiary/aromatic N) is 1. The maximum Gasteiger partial charge on any atom is 0.261 e. The number of halogens is 1. The number of rotatable bonds is 3. The van der Waals surface area contributed by atoms with Crippen LogP contribution in [0.2, 0.25) is 5.02 Å². The van der Waals surface area contributed by atoms with Crippen molar-refractivity contribution < 1.29 is 4.79 Å². The Morgan fingerprint density at radius 2 is 1.96 bits per heavy atom. The van der Waals surface area contributed by atoms with E-state index in [-0.39, 0.29) is 11.4 Å². The maximum absolute atomic E-state index is 13.1. The van der Waals surface area contributed by atoms with Gasteiger partial charge in [-0.1, -0.05) is 23.7 Å². The summed E-state index contributed by atoms with van der Waals surface area (Å²) in [6, 6.07) is 6.65. The number of amides is 1. The number of carbonyl (C=O) groups excluding carboxylic acids is 1. The number of nitrogens with one attached hydrogen (secondary N) is 1. The van der Waals surface area contributed by atoms with E-state index >= 15 is 0 Å². The van der Waals surface area contributed by atoms with Gasteiger partial charge in [-0.15, -0.1) is 11.3 Å². The van der Waals surface area contributed by atoms with Gasteiger partial charge in [-0.2, -0.15) is 0 Å². The Morgan fingerprint density at radius 1 is 1.19 bits per heavy atom. The summed E-state index contributed by atoms with van der Waals surface area (Å²) in [7, 11) is 0. The Morgan fingerprint density at radius 3 is 2.65 bits per heavy atom. The van der Waals surface area contributed by atoms with Gasteiger partial charge < -0.3 is 5.32 Å². The van der Waals surface area contributed by atoms with Crippen molar-refractivity contribution in [1.29, 1.82) is 0 Å². The zero-order valence-electron chi connectivity index (χ0n) is 14.8. The Balaban J connectivity index is 1.30. The molecule has 5 heteroatoms. The quantitative estimate of drug-likeness (QED) is 0.822. The molecule has 4 heterocycles. The van der Waals surface area contributed by atoms with Crippen LogP contribution in [0.5, 0.6) is 0 Å². The van der Waals surface area contributed by atoms with Gasteiger partial charge in [0.2, 0.25) is 0 Å². The molecule has 3 nitrogen and oxygen atoms in total. The molecule has 0 radical (unpaired) electrons. The first-order valence-electron chi connectivity index (χ1n) is 9.93. The van der Waals surface area contributed by atoms with Gasteiger partial charge in [0.1, 0.15) is 0 Å². The van der Waals surface area contributed by atoms with Crippen molar-refractivity contribution in [1.82, 2.24) is 10.2 Å². The second kappa shape index (κ2) is 5.46. The topological polar surface area (TPSA) is 32.3 Å². The van der Waals surface area contributed by atoms with Crippen molar-refractivity contribution in [3.8, 4) is 0 Å². The first-order valence-corrected chi connectivity index (χ1v) is 11.1. The molecule has 5 aliphatic rings. The Kier molecular flexibility index (Phi) is 3.34. The first-order chi connectivity index (χ1) is 12.7. The van der Waals surface area contributed by atoms with E-state index in [0.29, 0.717) is 17.9 Å². The standard InChI is InChI=1S/C21H23ClN2OS/c22-17-15(12-1-2-12)4-3-14-11-16(26-18(14)17)20(25)23-19-13-5-9-24(10-6-13)21(19)7-8-21/h3-4,11-13,19H,1-2,5-10H2,(H,23,25)/t19-/m0/s1. The molecule has 2 aliphatic carbocycles. The van der Waals surface area contributed by atoms with Crippen LogP contribution < -0.4 is 5.32 Å². The summed E-state index contributed by atoms with van der Waals surface area (Å²) < 4.78 is 1.08. The van der Waals surface area contributed by atoms with Crippen LogP contribution in [0.15, 0.2) is 18.2 Å². The normalized spacial score (nSPS) is 31.5. The highest BCUT2D eigenvalue weighted by molar-refractivity contribution is 7.21. The highest BCUT2D eigenvalue weighted by Crippen LogP contribution is 2.54. The summed E-state index contributed by atoms with van der Waals surface area (Å²) in [5, 5.41) is 5.41. The summed E-state index contributed by atoms with van der Waals surface area (Å²) in [5.41, 5.74) is 1.55. The van der Waals surface area contributed by atoms with E-state index in [4.69, 9.17) is 11.6 Å².